The zero-order valence-electron chi connectivity index (χ0n) is 20.6. The highest BCUT2D eigenvalue weighted by molar-refractivity contribution is 6.05. The SMILES string of the molecule is Cc1cc(C)cc(C(=O)N2CCC([C@H]3C(=O)Nc4ccc(C(=O)NCc5cccnc5)cc43)CC2)c1. The minimum absolute atomic E-state index is 0.0306. The minimum atomic E-state index is -0.315. The van der Waals surface area contributed by atoms with Gasteiger partial charge in [-0.1, -0.05) is 23.3 Å². The van der Waals surface area contributed by atoms with Crippen LogP contribution in [0.25, 0.3) is 0 Å². The number of carbonyl (C=O) groups is 3. The van der Waals surface area contributed by atoms with E-state index in [0.29, 0.717) is 25.2 Å². The van der Waals surface area contributed by atoms with Crippen molar-refractivity contribution in [1.82, 2.24) is 15.2 Å². The number of likely N-dealkylation sites (tertiary alicyclic amines) is 1. The minimum Gasteiger partial charge on any atom is -0.348 e. The number of fused-ring (bicyclic) bond motifs is 1. The molecule has 2 aliphatic rings. The van der Waals surface area contributed by atoms with Gasteiger partial charge < -0.3 is 15.5 Å². The number of anilines is 1. The van der Waals surface area contributed by atoms with Gasteiger partial charge in [0.05, 0.1) is 5.92 Å². The van der Waals surface area contributed by atoms with Crippen molar-refractivity contribution in [2.75, 3.05) is 18.4 Å². The molecular weight excluding hydrogens is 452 g/mol. The molecule has 7 heteroatoms. The molecule has 0 unspecified atom stereocenters. The summed E-state index contributed by atoms with van der Waals surface area (Å²) in [5.41, 5.74) is 5.96. The van der Waals surface area contributed by atoms with E-state index in [-0.39, 0.29) is 29.6 Å². The van der Waals surface area contributed by atoms with Gasteiger partial charge in [-0.15, -0.1) is 0 Å². The van der Waals surface area contributed by atoms with E-state index in [2.05, 4.69) is 21.7 Å². The van der Waals surface area contributed by atoms with E-state index >= 15 is 0 Å². The largest absolute Gasteiger partial charge is 0.348 e. The Balaban J connectivity index is 1.26. The number of amides is 3. The van der Waals surface area contributed by atoms with Crippen molar-refractivity contribution in [2.24, 2.45) is 5.92 Å². The second-order valence-corrected chi connectivity index (χ2v) is 9.82. The second kappa shape index (κ2) is 9.93. The van der Waals surface area contributed by atoms with Crippen LogP contribution in [-0.2, 0) is 11.3 Å². The first-order chi connectivity index (χ1) is 17.4. The Hall–Kier alpha value is -4.00. The molecule has 1 aromatic heterocycles. The molecular formula is C29H30N4O3. The van der Waals surface area contributed by atoms with Gasteiger partial charge in [0, 0.05) is 48.8 Å². The van der Waals surface area contributed by atoms with Crippen LogP contribution in [0, 0.1) is 19.8 Å². The Bertz CT molecular complexity index is 1290. The molecule has 184 valence electrons. The summed E-state index contributed by atoms with van der Waals surface area (Å²) in [4.78, 5) is 44.8. The van der Waals surface area contributed by atoms with Crippen molar-refractivity contribution in [3.05, 3.63) is 94.3 Å². The molecule has 0 spiro atoms. The lowest BCUT2D eigenvalue weighted by Gasteiger charge is -2.34. The van der Waals surface area contributed by atoms with E-state index in [1.54, 1.807) is 18.5 Å². The van der Waals surface area contributed by atoms with Gasteiger partial charge in [-0.25, -0.2) is 0 Å². The number of carbonyl (C=O) groups excluding carboxylic acids is 3. The number of aryl methyl sites for hydroxylation is 2. The summed E-state index contributed by atoms with van der Waals surface area (Å²) in [7, 11) is 0. The molecule has 0 saturated carbocycles. The third kappa shape index (κ3) is 4.87. The number of benzene rings is 2. The predicted molar refractivity (Wildman–Crippen MR) is 138 cm³/mol. The quantitative estimate of drug-likeness (QED) is 0.570. The Labute approximate surface area is 210 Å². The smallest absolute Gasteiger partial charge is 0.253 e. The van der Waals surface area contributed by atoms with E-state index in [1.807, 2.05) is 55.1 Å². The van der Waals surface area contributed by atoms with Crippen molar-refractivity contribution in [1.29, 1.82) is 0 Å². The number of nitrogens with zero attached hydrogens (tertiary/aromatic N) is 2. The molecule has 2 N–H and O–H groups in total. The molecule has 3 amide bonds. The summed E-state index contributed by atoms with van der Waals surface area (Å²) in [5, 5.41) is 5.91. The number of hydrogen-bond donors (Lipinski definition) is 2. The Kier molecular flexibility index (Phi) is 6.55. The highest BCUT2D eigenvalue weighted by Crippen LogP contribution is 2.42. The van der Waals surface area contributed by atoms with Gasteiger partial charge in [-0.05, 0) is 80.1 Å². The van der Waals surface area contributed by atoms with Crippen LogP contribution in [-0.4, -0.2) is 40.7 Å². The van der Waals surface area contributed by atoms with E-state index in [4.69, 9.17) is 0 Å². The number of piperidine rings is 1. The average Bonchev–Trinajstić information content (AvgIpc) is 3.21. The maximum Gasteiger partial charge on any atom is 0.253 e. The normalized spacial score (nSPS) is 17.4. The summed E-state index contributed by atoms with van der Waals surface area (Å²) in [5.74, 6) is -0.373. The van der Waals surface area contributed by atoms with Crippen LogP contribution in [0.2, 0.25) is 0 Å². The number of nitrogens with one attached hydrogen (secondary N) is 2. The van der Waals surface area contributed by atoms with Crippen LogP contribution >= 0.6 is 0 Å². The van der Waals surface area contributed by atoms with Crippen molar-refractivity contribution in [3.8, 4) is 0 Å². The lowest BCUT2D eigenvalue weighted by atomic mass is 9.80. The first kappa shape index (κ1) is 23.7. The van der Waals surface area contributed by atoms with E-state index in [0.717, 1.165) is 46.3 Å². The highest BCUT2D eigenvalue weighted by atomic mass is 16.2. The lowest BCUT2D eigenvalue weighted by molar-refractivity contribution is -0.118. The number of aromatic nitrogens is 1. The van der Waals surface area contributed by atoms with Gasteiger partial charge >= 0.3 is 0 Å². The van der Waals surface area contributed by atoms with Crippen LogP contribution in [0.1, 0.15) is 61.7 Å². The van der Waals surface area contributed by atoms with Gasteiger partial charge in [-0.2, -0.15) is 0 Å². The molecule has 3 heterocycles. The molecule has 1 saturated heterocycles. The summed E-state index contributed by atoms with van der Waals surface area (Å²) in [6, 6.07) is 15.1. The fraction of sp³-hybridized carbons (Fsp3) is 0.310. The molecule has 3 aromatic rings. The predicted octanol–water partition coefficient (Wildman–Crippen LogP) is 4.22. The maximum absolute atomic E-state index is 13.1. The average molecular weight is 483 g/mol. The van der Waals surface area contributed by atoms with Crippen molar-refractivity contribution in [2.45, 2.75) is 39.2 Å². The van der Waals surface area contributed by atoms with Crippen molar-refractivity contribution < 1.29 is 14.4 Å². The Morgan fingerprint density at radius 1 is 1.03 bits per heavy atom. The standard InChI is InChI=1S/C29H30N4O3/c1-18-12-19(2)14-23(13-18)29(36)33-10-7-21(8-11-33)26-24-15-22(5-6-25(24)32-28(26)35)27(34)31-17-20-4-3-9-30-16-20/h3-6,9,12-16,21,26H,7-8,10-11,17H2,1-2H3,(H,31,34)(H,32,35)/t26-/m1/s1. The number of hydrogen-bond acceptors (Lipinski definition) is 4. The summed E-state index contributed by atoms with van der Waals surface area (Å²) in [6.07, 6.45) is 4.90. The van der Waals surface area contributed by atoms with Crippen molar-refractivity contribution >= 4 is 23.4 Å². The van der Waals surface area contributed by atoms with E-state index in [1.165, 1.54) is 0 Å². The van der Waals surface area contributed by atoms with Crippen LogP contribution in [0.15, 0.2) is 60.9 Å². The molecule has 0 bridgehead atoms. The van der Waals surface area contributed by atoms with Crippen molar-refractivity contribution in [3.63, 3.8) is 0 Å². The van der Waals surface area contributed by atoms with Gasteiger partial charge in [-0.3, -0.25) is 19.4 Å². The molecule has 1 atom stereocenters. The number of rotatable bonds is 5. The topological polar surface area (TPSA) is 91.4 Å². The van der Waals surface area contributed by atoms with Crippen LogP contribution in [0.3, 0.4) is 0 Å². The Morgan fingerprint density at radius 2 is 1.78 bits per heavy atom. The van der Waals surface area contributed by atoms with E-state index in [9.17, 15) is 14.4 Å². The molecule has 5 rings (SSSR count). The second-order valence-electron chi connectivity index (χ2n) is 9.82. The molecule has 7 nitrogen and oxygen atoms in total. The molecule has 0 aliphatic carbocycles. The van der Waals surface area contributed by atoms with Gasteiger partial charge in [0.15, 0.2) is 0 Å². The molecule has 1 fully saturated rings. The van der Waals surface area contributed by atoms with Crippen LogP contribution in [0.5, 0.6) is 0 Å². The summed E-state index contributed by atoms with van der Waals surface area (Å²) >= 11 is 0. The fourth-order valence-corrected chi connectivity index (χ4v) is 5.40. The highest BCUT2D eigenvalue weighted by Gasteiger charge is 2.39. The first-order valence-electron chi connectivity index (χ1n) is 12.4. The van der Waals surface area contributed by atoms with E-state index < -0.39 is 0 Å². The molecule has 2 aromatic carbocycles. The summed E-state index contributed by atoms with van der Waals surface area (Å²) in [6.45, 7) is 5.61. The van der Waals surface area contributed by atoms with Gasteiger partial charge in [0.2, 0.25) is 5.91 Å². The molecule has 2 aliphatic heterocycles. The zero-order valence-corrected chi connectivity index (χ0v) is 20.6. The van der Waals surface area contributed by atoms with Gasteiger partial charge in [0.1, 0.15) is 0 Å². The van der Waals surface area contributed by atoms with Crippen LogP contribution < -0.4 is 10.6 Å². The first-order valence-corrected chi connectivity index (χ1v) is 12.4. The van der Waals surface area contributed by atoms with Crippen LogP contribution in [0.4, 0.5) is 5.69 Å². The molecule has 0 radical (unpaired) electrons. The number of pyridine rings is 1. The maximum atomic E-state index is 13.1. The third-order valence-electron chi connectivity index (χ3n) is 7.13. The zero-order chi connectivity index (χ0) is 25.2. The van der Waals surface area contributed by atoms with Gasteiger partial charge in [0.25, 0.3) is 11.8 Å². The summed E-state index contributed by atoms with van der Waals surface area (Å²) < 4.78 is 0. The monoisotopic (exact) mass is 482 g/mol. The molecule has 36 heavy (non-hydrogen) atoms. The fourth-order valence-electron chi connectivity index (χ4n) is 5.40. The Morgan fingerprint density at radius 3 is 2.47 bits per heavy atom. The lowest BCUT2D eigenvalue weighted by Crippen LogP contribution is -2.40. The third-order valence-corrected chi connectivity index (χ3v) is 7.13.